The lowest BCUT2D eigenvalue weighted by molar-refractivity contribution is -0.149. The van der Waals surface area contributed by atoms with Gasteiger partial charge in [-0.2, -0.15) is 0 Å². The van der Waals surface area contributed by atoms with Crippen LogP contribution in [0.5, 0.6) is 0 Å². The lowest BCUT2D eigenvalue weighted by Gasteiger charge is -2.48. The molecule has 4 rings (SSSR count). The Hall–Kier alpha value is -1.88. The summed E-state index contributed by atoms with van der Waals surface area (Å²) in [5.41, 5.74) is 1.12. The van der Waals surface area contributed by atoms with Gasteiger partial charge >= 0.3 is 0 Å². The van der Waals surface area contributed by atoms with Gasteiger partial charge in [0, 0.05) is 31.1 Å². The van der Waals surface area contributed by atoms with Gasteiger partial charge in [0.05, 0.1) is 5.60 Å². The Bertz CT molecular complexity index is 747. The summed E-state index contributed by atoms with van der Waals surface area (Å²) in [6.45, 7) is 5.74. The van der Waals surface area contributed by atoms with Crippen LogP contribution in [-0.4, -0.2) is 51.5 Å². The van der Waals surface area contributed by atoms with Gasteiger partial charge in [-0.05, 0) is 36.8 Å². The van der Waals surface area contributed by atoms with E-state index in [1.165, 1.54) is 0 Å². The van der Waals surface area contributed by atoms with E-state index in [-0.39, 0.29) is 23.7 Å². The predicted octanol–water partition coefficient (Wildman–Crippen LogP) is 2.82. The van der Waals surface area contributed by atoms with Crippen molar-refractivity contribution in [3.8, 4) is 0 Å². The zero-order valence-electron chi connectivity index (χ0n) is 16.4. The van der Waals surface area contributed by atoms with Crippen LogP contribution in [0.15, 0.2) is 24.3 Å². The predicted molar refractivity (Wildman–Crippen MR) is 103 cm³/mol. The molecule has 0 bridgehead atoms. The Labute approximate surface area is 161 Å². The van der Waals surface area contributed by atoms with Gasteiger partial charge in [0.2, 0.25) is 5.91 Å². The average Bonchev–Trinajstić information content (AvgIpc) is 2.97. The Morgan fingerprint density at radius 3 is 2.74 bits per heavy atom. The molecule has 0 aromatic heterocycles. The molecule has 5 nitrogen and oxygen atoms in total. The fourth-order valence-electron chi connectivity index (χ4n) is 5.24. The van der Waals surface area contributed by atoms with Crippen molar-refractivity contribution in [2.24, 2.45) is 11.8 Å². The maximum atomic E-state index is 13.5. The molecule has 5 heteroatoms. The summed E-state index contributed by atoms with van der Waals surface area (Å²) in [7, 11) is 0. The van der Waals surface area contributed by atoms with Crippen LogP contribution in [0.2, 0.25) is 0 Å². The van der Waals surface area contributed by atoms with Gasteiger partial charge < -0.3 is 14.9 Å². The minimum Gasteiger partial charge on any atom is -0.389 e. The number of aliphatic hydroxyl groups is 1. The first-order valence-corrected chi connectivity index (χ1v) is 10.3. The Morgan fingerprint density at radius 1 is 1.22 bits per heavy atom. The highest BCUT2D eigenvalue weighted by molar-refractivity contribution is 6.01. The Kier molecular flexibility index (Phi) is 4.75. The molecular formula is C22H30N2O3. The van der Waals surface area contributed by atoms with Crippen molar-refractivity contribution in [2.75, 3.05) is 13.1 Å². The van der Waals surface area contributed by atoms with Crippen molar-refractivity contribution in [2.45, 2.75) is 64.1 Å². The molecule has 1 aliphatic carbocycles. The molecule has 1 N–H and O–H groups in total. The molecule has 2 fully saturated rings. The highest BCUT2D eigenvalue weighted by Gasteiger charge is 2.46. The summed E-state index contributed by atoms with van der Waals surface area (Å²) >= 11 is 0. The van der Waals surface area contributed by atoms with E-state index in [1.54, 1.807) is 4.90 Å². The SMILES string of the molecule is CC(C)C(C(=O)N1CCC2(O)CCCCC2C1)N1Cc2ccccc2C1=O. The van der Waals surface area contributed by atoms with Crippen LogP contribution in [0.25, 0.3) is 0 Å². The highest BCUT2D eigenvalue weighted by Crippen LogP contribution is 2.40. The fraction of sp³-hybridized carbons (Fsp3) is 0.636. The van der Waals surface area contributed by atoms with E-state index in [2.05, 4.69) is 0 Å². The van der Waals surface area contributed by atoms with E-state index < -0.39 is 11.6 Å². The summed E-state index contributed by atoms with van der Waals surface area (Å²) in [4.78, 5) is 30.0. The number of nitrogens with zero attached hydrogens (tertiary/aromatic N) is 2. The first kappa shape index (κ1) is 18.5. The molecule has 146 valence electrons. The minimum absolute atomic E-state index is 0.0381. The second kappa shape index (κ2) is 6.93. The van der Waals surface area contributed by atoms with E-state index in [0.717, 1.165) is 36.8 Å². The molecule has 2 amide bonds. The molecular weight excluding hydrogens is 340 g/mol. The molecule has 2 aliphatic heterocycles. The van der Waals surface area contributed by atoms with Gasteiger partial charge in [-0.25, -0.2) is 0 Å². The fourth-order valence-corrected chi connectivity index (χ4v) is 5.24. The summed E-state index contributed by atoms with van der Waals surface area (Å²) in [6.07, 6.45) is 4.70. The standard InChI is InChI=1S/C22H30N2O3/c1-15(2)19(24-13-16-7-3-4-9-18(16)20(24)25)21(26)23-12-11-22(27)10-6-5-8-17(22)14-23/h3-4,7,9,15,17,19,27H,5-6,8,10-14H2,1-2H3. The molecule has 0 spiro atoms. The third-order valence-electron chi connectivity index (χ3n) is 6.81. The van der Waals surface area contributed by atoms with E-state index in [4.69, 9.17) is 0 Å². The van der Waals surface area contributed by atoms with Crippen LogP contribution < -0.4 is 0 Å². The lowest BCUT2D eigenvalue weighted by atomic mass is 9.71. The number of hydrogen-bond acceptors (Lipinski definition) is 3. The molecule has 3 atom stereocenters. The van der Waals surface area contributed by atoms with Crippen molar-refractivity contribution in [1.82, 2.24) is 9.80 Å². The van der Waals surface area contributed by atoms with Crippen LogP contribution in [0.4, 0.5) is 0 Å². The molecule has 2 heterocycles. The van der Waals surface area contributed by atoms with Gasteiger partial charge in [-0.1, -0.05) is 44.9 Å². The molecule has 1 aromatic rings. The van der Waals surface area contributed by atoms with Gasteiger partial charge in [-0.15, -0.1) is 0 Å². The van der Waals surface area contributed by atoms with E-state index in [0.29, 0.717) is 26.1 Å². The van der Waals surface area contributed by atoms with Crippen LogP contribution >= 0.6 is 0 Å². The zero-order valence-corrected chi connectivity index (χ0v) is 16.4. The summed E-state index contributed by atoms with van der Waals surface area (Å²) in [5, 5.41) is 10.9. The number of rotatable bonds is 3. The average molecular weight is 370 g/mol. The van der Waals surface area contributed by atoms with Crippen molar-refractivity contribution < 1.29 is 14.7 Å². The maximum Gasteiger partial charge on any atom is 0.255 e. The number of hydrogen-bond donors (Lipinski definition) is 1. The number of carbonyl (C=O) groups excluding carboxylic acids is 2. The molecule has 3 aliphatic rings. The molecule has 0 radical (unpaired) electrons. The van der Waals surface area contributed by atoms with Gasteiger partial charge in [-0.3, -0.25) is 9.59 Å². The number of fused-ring (bicyclic) bond motifs is 2. The van der Waals surface area contributed by atoms with Crippen molar-refractivity contribution in [3.63, 3.8) is 0 Å². The number of carbonyl (C=O) groups is 2. The van der Waals surface area contributed by atoms with Crippen LogP contribution in [0, 0.1) is 11.8 Å². The van der Waals surface area contributed by atoms with Crippen LogP contribution in [-0.2, 0) is 11.3 Å². The van der Waals surface area contributed by atoms with Gasteiger partial charge in [0.15, 0.2) is 0 Å². The monoisotopic (exact) mass is 370 g/mol. The van der Waals surface area contributed by atoms with Gasteiger partial charge in [0.25, 0.3) is 5.91 Å². The first-order valence-electron chi connectivity index (χ1n) is 10.3. The molecule has 1 saturated carbocycles. The summed E-state index contributed by atoms with van der Waals surface area (Å²) in [6, 6.07) is 7.19. The van der Waals surface area contributed by atoms with Crippen LogP contribution in [0.1, 0.15) is 61.9 Å². The Morgan fingerprint density at radius 2 is 2.00 bits per heavy atom. The molecule has 1 saturated heterocycles. The maximum absolute atomic E-state index is 13.5. The number of likely N-dealkylation sites (tertiary alicyclic amines) is 1. The van der Waals surface area contributed by atoms with Crippen LogP contribution in [0.3, 0.4) is 0 Å². The quantitative estimate of drug-likeness (QED) is 0.890. The van der Waals surface area contributed by atoms with E-state index in [9.17, 15) is 14.7 Å². The zero-order chi connectivity index (χ0) is 19.2. The minimum atomic E-state index is -0.595. The van der Waals surface area contributed by atoms with Crippen molar-refractivity contribution in [1.29, 1.82) is 0 Å². The largest absolute Gasteiger partial charge is 0.389 e. The Balaban J connectivity index is 1.53. The molecule has 27 heavy (non-hydrogen) atoms. The summed E-state index contributed by atoms with van der Waals surface area (Å²) in [5.74, 6) is 0.216. The smallest absolute Gasteiger partial charge is 0.255 e. The molecule has 1 aromatic carbocycles. The summed E-state index contributed by atoms with van der Waals surface area (Å²) < 4.78 is 0. The van der Waals surface area contributed by atoms with E-state index >= 15 is 0 Å². The highest BCUT2D eigenvalue weighted by atomic mass is 16.3. The third kappa shape index (κ3) is 3.16. The van der Waals surface area contributed by atoms with Crippen molar-refractivity contribution >= 4 is 11.8 Å². The topological polar surface area (TPSA) is 60.9 Å². The second-order valence-electron chi connectivity index (χ2n) is 8.86. The lowest BCUT2D eigenvalue weighted by Crippen LogP contribution is -2.59. The van der Waals surface area contributed by atoms with E-state index in [1.807, 2.05) is 43.0 Å². The number of piperidine rings is 1. The van der Waals surface area contributed by atoms with Gasteiger partial charge in [0.1, 0.15) is 6.04 Å². The second-order valence-corrected chi connectivity index (χ2v) is 8.86. The number of amides is 2. The number of benzene rings is 1. The van der Waals surface area contributed by atoms with Crippen molar-refractivity contribution in [3.05, 3.63) is 35.4 Å². The molecule has 3 unspecified atom stereocenters. The first-order chi connectivity index (χ1) is 12.9. The normalized spacial score (nSPS) is 28.9. The third-order valence-corrected chi connectivity index (χ3v) is 6.81.